The molecule has 2 heterocycles. The molecule has 1 amide bonds. The third-order valence-corrected chi connectivity index (χ3v) is 6.71. The fourth-order valence-corrected chi connectivity index (χ4v) is 4.77. The van der Waals surface area contributed by atoms with Crippen LogP contribution in [-0.2, 0) is 24.2 Å². The van der Waals surface area contributed by atoms with E-state index in [-0.39, 0.29) is 5.91 Å². The number of aryl methyl sites for hydroxylation is 1. The molecule has 0 spiro atoms. The van der Waals surface area contributed by atoms with Crippen LogP contribution in [0.4, 0.5) is 5.69 Å². The molecule has 2 aromatic carbocycles. The lowest BCUT2D eigenvalue weighted by Crippen LogP contribution is -2.29. The van der Waals surface area contributed by atoms with E-state index in [1.165, 1.54) is 29.7 Å². The minimum Gasteiger partial charge on any atom is -0.371 e. The molecule has 1 aromatic heterocycles. The Morgan fingerprint density at radius 2 is 1.83 bits per heavy atom. The van der Waals surface area contributed by atoms with Crippen molar-refractivity contribution in [1.29, 1.82) is 0 Å². The van der Waals surface area contributed by atoms with E-state index in [4.69, 9.17) is 4.98 Å². The molecule has 5 heteroatoms. The van der Waals surface area contributed by atoms with Crippen molar-refractivity contribution in [2.45, 2.75) is 39.2 Å². The predicted molar refractivity (Wildman–Crippen MR) is 125 cm³/mol. The van der Waals surface area contributed by atoms with Crippen LogP contribution in [0.1, 0.15) is 36.6 Å². The monoisotopic (exact) mass is 419 g/mol. The van der Waals surface area contributed by atoms with Crippen LogP contribution in [0.3, 0.4) is 0 Å². The largest absolute Gasteiger partial charge is 0.371 e. The molecule has 1 aliphatic heterocycles. The number of anilines is 1. The van der Waals surface area contributed by atoms with Crippen molar-refractivity contribution < 1.29 is 4.79 Å². The third kappa shape index (κ3) is 4.73. The molecular weight excluding hydrogens is 390 g/mol. The minimum absolute atomic E-state index is 0.101. The zero-order valence-electron chi connectivity index (χ0n) is 17.8. The van der Waals surface area contributed by atoms with Crippen LogP contribution in [0.5, 0.6) is 0 Å². The fraction of sp³-hybridized carbons (Fsp3) is 0.360. The van der Waals surface area contributed by atoms with E-state index in [0.717, 1.165) is 35.8 Å². The molecule has 0 radical (unpaired) electrons. The lowest BCUT2D eigenvalue weighted by molar-refractivity contribution is -0.129. The Labute approximate surface area is 183 Å². The third-order valence-electron chi connectivity index (χ3n) is 5.76. The number of thiazole rings is 1. The highest BCUT2D eigenvalue weighted by molar-refractivity contribution is 7.13. The van der Waals surface area contributed by atoms with Gasteiger partial charge in [-0.15, -0.1) is 11.3 Å². The number of carbonyl (C=O) groups excluding carboxylic acids is 1. The molecular formula is C25H29N3OS. The summed E-state index contributed by atoms with van der Waals surface area (Å²) in [6, 6.07) is 17.0. The van der Waals surface area contributed by atoms with Gasteiger partial charge in [-0.1, -0.05) is 49.4 Å². The highest BCUT2D eigenvalue weighted by Gasteiger charge is 2.18. The van der Waals surface area contributed by atoms with Crippen LogP contribution in [-0.4, -0.2) is 35.9 Å². The van der Waals surface area contributed by atoms with Gasteiger partial charge in [-0.25, -0.2) is 4.98 Å². The van der Waals surface area contributed by atoms with E-state index in [2.05, 4.69) is 60.4 Å². The molecule has 4 nitrogen and oxygen atoms in total. The van der Waals surface area contributed by atoms with Crippen LogP contribution >= 0.6 is 11.3 Å². The summed E-state index contributed by atoms with van der Waals surface area (Å²) in [4.78, 5) is 21.8. The number of aromatic nitrogens is 1. The Hall–Kier alpha value is -2.66. The van der Waals surface area contributed by atoms with Crippen molar-refractivity contribution in [3.8, 4) is 10.6 Å². The van der Waals surface area contributed by atoms with Crippen molar-refractivity contribution in [2.75, 3.05) is 25.0 Å². The molecule has 0 N–H and O–H groups in total. The number of hydrogen-bond acceptors (Lipinski definition) is 4. The number of amides is 1. The standard InChI is InChI=1S/C25H29N3OS/c1-3-19-10-12-20(13-11-19)25-26-22(18-30-25)16-24(29)27(2)17-21-8-4-5-9-23(21)28-14-6-7-15-28/h4-5,8-13,18H,3,6-7,14-17H2,1-2H3. The summed E-state index contributed by atoms with van der Waals surface area (Å²) in [6.07, 6.45) is 3.86. The molecule has 1 saturated heterocycles. The van der Waals surface area contributed by atoms with Crippen LogP contribution < -0.4 is 4.90 Å². The summed E-state index contributed by atoms with van der Waals surface area (Å²) < 4.78 is 0. The van der Waals surface area contributed by atoms with E-state index >= 15 is 0 Å². The molecule has 4 rings (SSSR count). The number of hydrogen-bond donors (Lipinski definition) is 0. The normalized spacial score (nSPS) is 13.6. The number of nitrogens with zero attached hydrogens (tertiary/aromatic N) is 3. The Morgan fingerprint density at radius 3 is 2.57 bits per heavy atom. The van der Waals surface area contributed by atoms with Crippen molar-refractivity contribution >= 4 is 22.9 Å². The first-order valence-electron chi connectivity index (χ1n) is 10.7. The molecule has 0 aliphatic carbocycles. The van der Waals surface area contributed by atoms with Crippen LogP contribution in [0.25, 0.3) is 10.6 Å². The molecule has 0 unspecified atom stereocenters. The second-order valence-corrected chi connectivity index (χ2v) is 8.80. The lowest BCUT2D eigenvalue weighted by Gasteiger charge is -2.24. The van der Waals surface area contributed by atoms with Crippen LogP contribution in [0.15, 0.2) is 53.9 Å². The highest BCUT2D eigenvalue weighted by Crippen LogP contribution is 2.27. The Kier molecular flexibility index (Phi) is 6.48. The van der Waals surface area contributed by atoms with Gasteiger partial charge in [-0.2, -0.15) is 0 Å². The molecule has 30 heavy (non-hydrogen) atoms. The highest BCUT2D eigenvalue weighted by atomic mass is 32.1. The predicted octanol–water partition coefficient (Wildman–Crippen LogP) is 5.17. The fourth-order valence-electron chi connectivity index (χ4n) is 3.95. The summed E-state index contributed by atoms with van der Waals surface area (Å²) in [5.41, 5.74) is 5.76. The van der Waals surface area contributed by atoms with Gasteiger partial charge in [0, 0.05) is 43.3 Å². The van der Waals surface area contributed by atoms with Gasteiger partial charge in [-0.05, 0) is 36.5 Å². The number of rotatable bonds is 7. The second kappa shape index (κ2) is 9.43. The first-order valence-corrected chi connectivity index (χ1v) is 11.6. The molecule has 3 aromatic rings. The van der Waals surface area contributed by atoms with Crippen LogP contribution in [0.2, 0.25) is 0 Å². The smallest absolute Gasteiger partial charge is 0.228 e. The van der Waals surface area contributed by atoms with Gasteiger partial charge >= 0.3 is 0 Å². The average Bonchev–Trinajstić information content (AvgIpc) is 3.46. The number of benzene rings is 2. The van der Waals surface area contributed by atoms with E-state index in [9.17, 15) is 4.79 Å². The Morgan fingerprint density at radius 1 is 1.10 bits per heavy atom. The van der Waals surface area contributed by atoms with E-state index in [0.29, 0.717) is 13.0 Å². The summed E-state index contributed by atoms with van der Waals surface area (Å²) in [7, 11) is 1.89. The average molecular weight is 420 g/mol. The molecule has 0 atom stereocenters. The Bertz CT molecular complexity index is 990. The van der Waals surface area contributed by atoms with Gasteiger partial charge in [0.1, 0.15) is 5.01 Å². The summed E-state index contributed by atoms with van der Waals surface area (Å²) >= 11 is 1.60. The lowest BCUT2D eigenvalue weighted by atomic mass is 10.1. The van der Waals surface area contributed by atoms with Crippen molar-refractivity contribution in [2.24, 2.45) is 0 Å². The molecule has 1 aliphatic rings. The first-order chi connectivity index (χ1) is 14.6. The Balaban J connectivity index is 1.40. The summed E-state index contributed by atoms with van der Waals surface area (Å²) in [6.45, 7) is 4.99. The minimum atomic E-state index is 0.101. The summed E-state index contributed by atoms with van der Waals surface area (Å²) in [5.74, 6) is 0.101. The maximum Gasteiger partial charge on any atom is 0.228 e. The van der Waals surface area contributed by atoms with Gasteiger partial charge in [0.05, 0.1) is 12.1 Å². The van der Waals surface area contributed by atoms with Crippen molar-refractivity contribution in [1.82, 2.24) is 9.88 Å². The first kappa shape index (κ1) is 20.6. The van der Waals surface area contributed by atoms with Gasteiger partial charge in [0.2, 0.25) is 5.91 Å². The van der Waals surface area contributed by atoms with Crippen LogP contribution in [0, 0.1) is 0 Å². The van der Waals surface area contributed by atoms with Gasteiger partial charge in [0.15, 0.2) is 0 Å². The maximum atomic E-state index is 12.9. The SMILES string of the molecule is CCc1ccc(-c2nc(CC(=O)N(C)Cc3ccccc3N3CCCC3)cs2)cc1. The number of carbonyl (C=O) groups is 1. The van der Waals surface area contributed by atoms with Gasteiger partial charge in [-0.3, -0.25) is 4.79 Å². The van der Waals surface area contributed by atoms with E-state index in [1.54, 1.807) is 11.3 Å². The quantitative estimate of drug-likeness (QED) is 0.530. The molecule has 0 saturated carbocycles. The zero-order valence-corrected chi connectivity index (χ0v) is 18.6. The molecule has 1 fully saturated rings. The van der Waals surface area contributed by atoms with Crippen molar-refractivity contribution in [3.05, 3.63) is 70.7 Å². The van der Waals surface area contributed by atoms with Gasteiger partial charge < -0.3 is 9.80 Å². The molecule has 0 bridgehead atoms. The second-order valence-electron chi connectivity index (χ2n) is 7.94. The number of likely N-dealkylation sites (N-methyl/N-ethyl adjacent to an activating group) is 1. The topological polar surface area (TPSA) is 36.4 Å². The number of para-hydroxylation sites is 1. The van der Waals surface area contributed by atoms with Crippen molar-refractivity contribution in [3.63, 3.8) is 0 Å². The molecule has 156 valence electrons. The summed E-state index contributed by atoms with van der Waals surface area (Å²) in [5, 5.41) is 2.98. The van der Waals surface area contributed by atoms with Gasteiger partial charge in [0.25, 0.3) is 0 Å². The van der Waals surface area contributed by atoms with E-state index < -0.39 is 0 Å². The maximum absolute atomic E-state index is 12.9. The zero-order chi connectivity index (χ0) is 20.9. The van der Waals surface area contributed by atoms with E-state index in [1.807, 2.05) is 17.3 Å².